The molecule has 1 saturated heterocycles. The van der Waals surface area contributed by atoms with Crippen LogP contribution in [-0.4, -0.2) is 29.4 Å². The number of piperidine rings is 1. The zero-order valence-electron chi connectivity index (χ0n) is 15.4. The average molecular weight is 366 g/mol. The first-order valence-corrected chi connectivity index (χ1v) is 9.34. The summed E-state index contributed by atoms with van der Waals surface area (Å²) >= 11 is 0. The molecule has 0 aliphatic carbocycles. The van der Waals surface area contributed by atoms with Crippen LogP contribution >= 0.6 is 0 Å². The molecule has 0 bridgehead atoms. The number of hydrogen-bond donors (Lipinski definition) is 1. The maximum atomic E-state index is 13.6. The molecule has 4 nitrogen and oxygen atoms in total. The molecular weight excluding hydrogens is 343 g/mol. The molecule has 1 aromatic heterocycles. The molecule has 5 heteroatoms. The van der Waals surface area contributed by atoms with Gasteiger partial charge in [-0.25, -0.2) is 4.39 Å². The molecule has 27 heavy (non-hydrogen) atoms. The number of rotatable bonds is 4. The second kappa shape index (κ2) is 7.43. The largest absolute Gasteiger partial charge is 0.497 e. The second-order valence-corrected chi connectivity index (χ2v) is 7.05. The van der Waals surface area contributed by atoms with Gasteiger partial charge in [-0.3, -0.25) is 4.79 Å². The van der Waals surface area contributed by atoms with E-state index >= 15 is 0 Å². The van der Waals surface area contributed by atoms with E-state index in [1.54, 1.807) is 13.2 Å². The fraction of sp³-hybridized carbons (Fsp3) is 0.318. The van der Waals surface area contributed by atoms with Gasteiger partial charge in [0, 0.05) is 23.6 Å². The lowest BCUT2D eigenvalue weighted by Gasteiger charge is -2.36. The molecule has 140 valence electrons. The summed E-state index contributed by atoms with van der Waals surface area (Å²) in [5.74, 6) is 0.610. The van der Waals surface area contributed by atoms with E-state index in [1.165, 1.54) is 12.1 Å². The molecular formula is C22H23FN2O2. The monoisotopic (exact) mass is 366 g/mol. The van der Waals surface area contributed by atoms with Crippen LogP contribution in [0.4, 0.5) is 4.39 Å². The molecule has 2 aromatic carbocycles. The number of carbonyl (C=O) groups excluding carboxylic acids is 1. The van der Waals surface area contributed by atoms with Crippen LogP contribution in [-0.2, 0) is 11.2 Å². The first kappa shape index (κ1) is 17.6. The van der Waals surface area contributed by atoms with Gasteiger partial charge >= 0.3 is 0 Å². The summed E-state index contributed by atoms with van der Waals surface area (Å²) in [6.45, 7) is 0.756. The zero-order valence-corrected chi connectivity index (χ0v) is 15.4. The molecule has 2 heterocycles. The summed E-state index contributed by atoms with van der Waals surface area (Å²) in [6.07, 6.45) is 5.17. The number of ether oxygens (including phenoxy) is 1. The molecule has 1 atom stereocenters. The van der Waals surface area contributed by atoms with Gasteiger partial charge in [-0.15, -0.1) is 0 Å². The molecule has 1 aliphatic heterocycles. The van der Waals surface area contributed by atoms with Gasteiger partial charge in [-0.1, -0.05) is 12.1 Å². The van der Waals surface area contributed by atoms with Gasteiger partial charge in [0.25, 0.3) is 0 Å². The van der Waals surface area contributed by atoms with Gasteiger partial charge in [-0.05, 0) is 60.7 Å². The average Bonchev–Trinajstić information content (AvgIpc) is 3.10. The molecule has 1 fully saturated rings. The molecule has 1 aliphatic rings. The Kier molecular flexibility index (Phi) is 4.84. The van der Waals surface area contributed by atoms with Crippen LogP contribution in [0.3, 0.4) is 0 Å². The Labute approximate surface area is 157 Å². The number of amides is 1. The van der Waals surface area contributed by atoms with Crippen molar-refractivity contribution < 1.29 is 13.9 Å². The van der Waals surface area contributed by atoms with Gasteiger partial charge in [-0.2, -0.15) is 0 Å². The van der Waals surface area contributed by atoms with E-state index in [2.05, 4.69) is 4.98 Å². The normalized spacial score (nSPS) is 17.3. The Hall–Kier alpha value is -2.82. The predicted octanol–water partition coefficient (Wildman–Crippen LogP) is 4.61. The number of benzene rings is 2. The molecule has 0 saturated carbocycles. The van der Waals surface area contributed by atoms with E-state index in [0.717, 1.165) is 53.6 Å². The topological polar surface area (TPSA) is 45.3 Å². The number of methoxy groups -OCH3 is 1. The zero-order chi connectivity index (χ0) is 18.8. The van der Waals surface area contributed by atoms with Crippen molar-refractivity contribution in [2.75, 3.05) is 13.7 Å². The third-order valence-electron chi connectivity index (χ3n) is 5.39. The second-order valence-electron chi connectivity index (χ2n) is 7.05. The quantitative estimate of drug-likeness (QED) is 0.733. The van der Waals surface area contributed by atoms with E-state index in [9.17, 15) is 9.18 Å². The molecule has 4 rings (SSSR count). The molecule has 0 spiro atoms. The van der Waals surface area contributed by atoms with E-state index in [1.807, 2.05) is 35.4 Å². The number of H-pyrrole nitrogens is 1. The Morgan fingerprint density at radius 2 is 2.04 bits per heavy atom. The number of nitrogens with one attached hydrogen (secondary N) is 1. The Morgan fingerprint density at radius 1 is 1.22 bits per heavy atom. The summed E-state index contributed by atoms with van der Waals surface area (Å²) in [7, 11) is 1.65. The van der Waals surface area contributed by atoms with Crippen molar-refractivity contribution in [3.05, 3.63) is 65.6 Å². The van der Waals surface area contributed by atoms with Gasteiger partial charge in [0.15, 0.2) is 0 Å². The maximum Gasteiger partial charge on any atom is 0.227 e. The number of nitrogens with zero attached hydrogens (tertiary/aromatic N) is 1. The van der Waals surface area contributed by atoms with Crippen molar-refractivity contribution in [1.82, 2.24) is 9.88 Å². The highest BCUT2D eigenvalue weighted by molar-refractivity contribution is 5.89. The van der Waals surface area contributed by atoms with Crippen molar-refractivity contribution in [2.24, 2.45) is 0 Å². The molecule has 0 radical (unpaired) electrons. The number of carbonyl (C=O) groups is 1. The van der Waals surface area contributed by atoms with Crippen LogP contribution in [0.2, 0.25) is 0 Å². The van der Waals surface area contributed by atoms with Crippen LogP contribution in [0.15, 0.2) is 48.7 Å². The Morgan fingerprint density at radius 3 is 2.81 bits per heavy atom. The third kappa shape index (κ3) is 3.54. The standard InChI is InChI=1S/C22H23FN2O2/c1-27-18-8-5-15(6-9-18)21-4-2-3-11-25(21)22(26)12-16-14-24-20-10-7-17(23)13-19(16)20/h5-10,13-14,21,24H,2-4,11-12H2,1H3. The van der Waals surface area contributed by atoms with Crippen molar-refractivity contribution in [3.8, 4) is 5.75 Å². The smallest absolute Gasteiger partial charge is 0.227 e. The van der Waals surface area contributed by atoms with Crippen LogP contribution in [0.5, 0.6) is 5.75 Å². The summed E-state index contributed by atoms with van der Waals surface area (Å²) < 4.78 is 18.8. The van der Waals surface area contributed by atoms with Crippen molar-refractivity contribution in [1.29, 1.82) is 0 Å². The van der Waals surface area contributed by atoms with E-state index in [4.69, 9.17) is 4.74 Å². The lowest BCUT2D eigenvalue weighted by molar-refractivity contribution is -0.134. The Balaban J connectivity index is 1.57. The number of aromatic amines is 1. The van der Waals surface area contributed by atoms with Gasteiger partial charge in [0.2, 0.25) is 5.91 Å². The van der Waals surface area contributed by atoms with Gasteiger partial charge in [0.1, 0.15) is 11.6 Å². The number of aromatic nitrogens is 1. The first-order chi connectivity index (χ1) is 13.2. The third-order valence-corrected chi connectivity index (χ3v) is 5.39. The van der Waals surface area contributed by atoms with E-state index in [-0.39, 0.29) is 24.2 Å². The number of likely N-dealkylation sites (tertiary alicyclic amines) is 1. The molecule has 3 aromatic rings. The van der Waals surface area contributed by atoms with E-state index < -0.39 is 0 Å². The maximum absolute atomic E-state index is 13.6. The molecule has 1 amide bonds. The van der Waals surface area contributed by atoms with Gasteiger partial charge in [0.05, 0.1) is 19.6 Å². The van der Waals surface area contributed by atoms with Crippen LogP contribution in [0, 0.1) is 5.82 Å². The summed E-state index contributed by atoms with van der Waals surface area (Å²) in [6, 6.07) is 12.7. The lowest BCUT2D eigenvalue weighted by Crippen LogP contribution is -2.39. The highest BCUT2D eigenvalue weighted by atomic mass is 19.1. The summed E-state index contributed by atoms with van der Waals surface area (Å²) in [4.78, 5) is 18.2. The van der Waals surface area contributed by atoms with Crippen LogP contribution in [0.25, 0.3) is 10.9 Å². The highest BCUT2D eigenvalue weighted by Gasteiger charge is 2.28. The SMILES string of the molecule is COc1ccc(C2CCCCN2C(=O)Cc2c[nH]c3ccc(F)cc23)cc1. The number of hydrogen-bond acceptors (Lipinski definition) is 2. The minimum absolute atomic E-state index is 0.0825. The minimum Gasteiger partial charge on any atom is -0.497 e. The lowest BCUT2D eigenvalue weighted by atomic mass is 9.94. The number of halogens is 1. The number of fused-ring (bicyclic) bond motifs is 1. The fourth-order valence-electron chi connectivity index (χ4n) is 3.96. The van der Waals surface area contributed by atoms with Crippen LogP contribution < -0.4 is 4.74 Å². The van der Waals surface area contributed by atoms with Crippen molar-refractivity contribution in [3.63, 3.8) is 0 Å². The van der Waals surface area contributed by atoms with E-state index in [0.29, 0.717) is 0 Å². The minimum atomic E-state index is -0.287. The van der Waals surface area contributed by atoms with Crippen molar-refractivity contribution >= 4 is 16.8 Å². The Bertz CT molecular complexity index is 949. The van der Waals surface area contributed by atoms with Crippen molar-refractivity contribution in [2.45, 2.75) is 31.7 Å². The van der Waals surface area contributed by atoms with Crippen LogP contribution in [0.1, 0.15) is 36.4 Å². The summed E-state index contributed by atoms with van der Waals surface area (Å²) in [5, 5.41) is 0.779. The predicted molar refractivity (Wildman–Crippen MR) is 103 cm³/mol. The molecule has 1 N–H and O–H groups in total. The van der Waals surface area contributed by atoms with Gasteiger partial charge < -0.3 is 14.6 Å². The highest BCUT2D eigenvalue weighted by Crippen LogP contribution is 2.32. The molecule has 1 unspecified atom stereocenters. The fourth-order valence-corrected chi connectivity index (χ4v) is 3.96. The summed E-state index contributed by atoms with van der Waals surface area (Å²) in [5.41, 5.74) is 2.83. The first-order valence-electron chi connectivity index (χ1n) is 9.34.